The zero-order chi connectivity index (χ0) is 13.2. The van der Waals surface area contributed by atoms with Gasteiger partial charge in [0.05, 0.1) is 17.0 Å². The van der Waals surface area contributed by atoms with Crippen LogP contribution in [0.15, 0.2) is 30.9 Å². The average molecular weight is 275 g/mol. The van der Waals surface area contributed by atoms with Crippen LogP contribution in [0, 0.1) is 0 Å². The highest BCUT2D eigenvalue weighted by molar-refractivity contribution is 6.33. The molecule has 0 amide bonds. The number of aromatic amines is 1. The Morgan fingerprint density at radius 1 is 1.26 bits per heavy atom. The summed E-state index contributed by atoms with van der Waals surface area (Å²) < 4.78 is 0. The van der Waals surface area contributed by atoms with E-state index in [-0.39, 0.29) is 0 Å². The zero-order valence-corrected chi connectivity index (χ0v) is 10.6. The summed E-state index contributed by atoms with van der Waals surface area (Å²) in [5.74, 6) is 0.704. The van der Waals surface area contributed by atoms with Crippen LogP contribution >= 0.6 is 11.6 Å². The first kappa shape index (κ1) is 11.7. The van der Waals surface area contributed by atoms with E-state index < -0.39 is 0 Å². The van der Waals surface area contributed by atoms with Gasteiger partial charge in [-0.15, -0.1) is 0 Å². The van der Waals surface area contributed by atoms with E-state index in [4.69, 9.17) is 17.3 Å². The maximum Gasteiger partial charge on any atom is 0.182 e. The SMILES string of the molecule is Nc1ccc(CNc2ncnc3nc[nH]c23)cc1Cl. The molecule has 0 unspecified atom stereocenters. The maximum absolute atomic E-state index is 5.98. The van der Waals surface area contributed by atoms with Crippen molar-refractivity contribution in [2.75, 3.05) is 11.1 Å². The van der Waals surface area contributed by atoms with Crippen molar-refractivity contribution in [3.8, 4) is 0 Å². The maximum atomic E-state index is 5.98. The molecule has 0 fully saturated rings. The molecule has 0 aliphatic heterocycles. The Balaban J connectivity index is 1.82. The van der Waals surface area contributed by atoms with Crippen molar-refractivity contribution in [1.82, 2.24) is 19.9 Å². The predicted octanol–water partition coefficient (Wildman–Crippen LogP) is 2.20. The predicted molar refractivity (Wildman–Crippen MR) is 74.9 cm³/mol. The summed E-state index contributed by atoms with van der Waals surface area (Å²) >= 11 is 5.98. The molecule has 0 bridgehead atoms. The number of nitrogens with two attached hydrogens (primary N) is 1. The summed E-state index contributed by atoms with van der Waals surface area (Å²) in [5.41, 5.74) is 8.68. The molecule has 19 heavy (non-hydrogen) atoms. The van der Waals surface area contributed by atoms with Crippen molar-refractivity contribution in [2.24, 2.45) is 0 Å². The first-order valence-electron chi connectivity index (χ1n) is 5.66. The summed E-state index contributed by atoms with van der Waals surface area (Å²) in [6, 6.07) is 5.53. The smallest absolute Gasteiger partial charge is 0.182 e. The topological polar surface area (TPSA) is 92.5 Å². The molecule has 96 valence electrons. The third-order valence-electron chi connectivity index (χ3n) is 2.75. The van der Waals surface area contributed by atoms with Gasteiger partial charge in [-0.3, -0.25) is 0 Å². The van der Waals surface area contributed by atoms with Gasteiger partial charge in [-0.1, -0.05) is 17.7 Å². The largest absolute Gasteiger partial charge is 0.398 e. The number of aromatic nitrogens is 4. The van der Waals surface area contributed by atoms with Crippen LogP contribution in [0.5, 0.6) is 0 Å². The Bertz CT molecular complexity index is 723. The third kappa shape index (κ3) is 2.30. The minimum Gasteiger partial charge on any atom is -0.398 e. The van der Waals surface area contributed by atoms with Crippen LogP contribution in [0.2, 0.25) is 5.02 Å². The second kappa shape index (κ2) is 4.74. The number of imidazole rings is 1. The molecule has 3 rings (SSSR count). The molecule has 0 atom stereocenters. The van der Waals surface area contributed by atoms with Crippen molar-refractivity contribution in [2.45, 2.75) is 6.54 Å². The number of hydrogen-bond acceptors (Lipinski definition) is 5. The first-order valence-corrected chi connectivity index (χ1v) is 6.03. The number of nitrogens with one attached hydrogen (secondary N) is 2. The standard InChI is InChI=1S/C12H11ClN6/c13-8-3-7(1-2-9(8)14)4-15-11-10-12(17-5-16-10)19-6-18-11/h1-3,5-6H,4,14H2,(H2,15,16,17,18,19). The van der Waals surface area contributed by atoms with Gasteiger partial charge in [0.15, 0.2) is 11.5 Å². The lowest BCUT2D eigenvalue weighted by molar-refractivity contribution is 1.10. The fourth-order valence-corrected chi connectivity index (χ4v) is 1.97. The molecule has 0 aliphatic carbocycles. The number of H-pyrrole nitrogens is 1. The lowest BCUT2D eigenvalue weighted by Crippen LogP contribution is -2.03. The van der Waals surface area contributed by atoms with Crippen molar-refractivity contribution in [3.63, 3.8) is 0 Å². The summed E-state index contributed by atoms with van der Waals surface area (Å²) in [6.07, 6.45) is 3.06. The Labute approximate surface area is 114 Å². The van der Waals surface area contributed by atoms with Crippen LogP contribution in [-0.4, -0.2) is 19.9 Å². The van der Waals surface area contributed by atoms with E-state index in [9.17, 15) is 0 Å². The fourth-order valence-electron chi connectivity index (χ4n) is 1.77. The quantitative estimate of drug-likeness (QED) is 0.637. The van der Waals surface area contributed by atoms with E-state index in [1.165, 1.54) is 6.33 Å². The number of nitrogens with zero attached hydrogens (tertiary/aromatic N) is 3. The van der Waals surface area contributed by atoms with Gasteiger partial charge in [0.25, 0.3) is 0 Å². The van der Waals surface area contributed by atoms with Crippen molar-refractivity contribution in [1.29, 1.82) is 0 Å². The minimum atomic E-state index is 0.550. The molecule has 1 aromatic carbocycles. The number of fused-ring (bicyclic) bond motifs is 1. The molecule has 0 aliphatic rings. The van der Waals surface area contributed by atoms with Gasteiger partial charge in [0.2, 0.25) is 0 Å². The Morgan fingerprint density at radius 2 is 2.16 bits per heavy atom. The minimum absolute atomic E-state index is 0.550. The number of hydrogen-bond donors (Lipinski definition) is 3. The number of benzene rings is 1. The van der Waals surface area contributed by atoms with E-state index in [1.54, 1.807) is 12.4 Å². The monoisotopic (exact) mass is 274 g/mol. The van der Waals surface area contributed by atoms with E-state index in [1.807, 2.05) is 12.1 Å². The van der Waals surface area contributed by atoms with Crippen LogP contribution in [0.3, 0.4) is 0 Å². The first-order chi connectivity index (χ1) is 9.24. The van der Waals surface area contributed by atoms with Crippen LogP contribution in [0.4, 0.5) is 11.5 Å². The number of anilines is 2. The second-order valence-electron chi connectivity index (χ2n) is 4.03. The Kier molecular flexibility index (Phi) is 2.92. The lowest BCUT2D eigenvalue weighted by Gasteiger charge is -2.07. The Morgan fingerprint density at radius 3 is 3.00 bits per heavy atom. The van der Waals surface area contributed by atoms with Gasteiger partial charge in [-0.05, 0) is 17.7 Å². The summed E-state index contributed by atoms with van der Waals surface area (Å²) in [6.45, 7) is 0.588. The van der Waals surface area contributed by atoms with E-state index in [0.29, 0.717) is 28.7 Å². The molecule has 0 saturated heterocycles. The van der Waals surface area contributed by atoms with E-state index in [2.05, 4.69) is 25.3 Å². The van der Waals surface area contributed by atoms with Crippen molar-refractivity contribution in [3.05, 3.63) is 41.4 Å². The summed E-state index contributed by atoms with van der Waals surface area (Å²) in [5, 5.41) is 3.76. The fraction of sp³-hybridized carbons (Fsp3) is 0.0833. The highest BCUT2D eigenvalue weighted by Gasteiger charge is 2.05. The number of rotatable bonds is 3. The highest BCUT2D eigenvalue weighted by Crippen LogP contribution is 2.21. The molecule has 0 spiro atoms. The molecular formula is C12H11ClN6. The number of halogens is 1. The molecule has 7 heteroatoms. The second-order valence-corrected chi connectivity index (χ2v) is 4.44. The third-order valence-corrected chi connectivity index (χ3v) is 3.08. The normalized spacial score (nSPS) is 10.8. The van der Waals surface area contributed by atoms with E-state index in [0.717, 1.165) is 11.1 Å². The van der Waals surface area contributed by atoms with Crippen LogP contribution in [0.1, 0.15) is 5.56 Å². The van der Waals surface area contributed by atoms with Gasteiger partial charge in [-0.25, -0.2) is 15.0 Å². The van der Waals surface area contributed by atoms with Crippen LogP contribution in [-0.2, 0) is 6.54 Å². The van der Waals surface area contributed by atoms with Gasteiger partial charge < -0.3 is 16.0 Å². The Hall–Kier alpha value is -2.34. The van der Waals surface area contributed by atoms with Crippen molar-refractivity contribution < 1.29 is 0 Å². The highest BCUT2D eigenvalue weighted by atomic mass is 35.5. The van der Waals surface area contributed by atoms with Crippen molar-refractivity contribution >= 4 is 34.3 Å². The van der Waals surface area contributed by atoms with Crippen LogP contribution in [0.25, 0.3) is 11.2 Å². The van der Waals surface area contributed by atoms with Gasteiger partial charge in [0, 0.05) is 6.54 Å². The molecule has 0 saturated carbocycles. The molecule has 2 heterocycles. The van der Waals surface area contributed by atoms with Gasteiger partial charge >= 0.3 is 0 Å². The number of nitrogen functional groups attached to an aromatic ring is 1. The zero-order valence-electron chi connectivity index (χ0n) is 9.89. The van der Waals surface area contributed by atoms with E-state index >= 15 is 0 Å². The van der Waals surface area contributed by atoms with Gasteiger partial charge in [-0.2, -0.15) is 0 Å². The average Bonchev–Trinajstić information content (AvgIpc) is 2.89. The summed E-state index contributed by atoms with van der Waals surface area (Å²) in [4.78, 5) is 15.3. The molecule has 6 nitrogen and oxygen atoms in total. The molecule has 4 N–H and O–H groups in total. The molecular weight excluding hydrogens is 264 g/mol. The molecule has 3 aromatic rings. The summed E-state index contributed by atoms with van der Waals surface area (Å²) in [7, 11) is 0. The van der Waals surface area contributed by atoms with Gasteiger partial charge in [0.1, 0.15) is 11.8 Å². The lowest BCUT2D eigenvalue weighted by atomic mass is 10.2. The molecule has 2 aromatic heterocycles. The molecule has 0 radical (unpaired) electrons. The van der Waals surface area contributed by atoms with Crippen LogP contribution < -0.4 is 11.1 Å².